The third-order valence-corrected chi connectivity index (χ3v) is 7.44. The van der Waals surface area contributed by atoms with Crippen LogP contribution < -0.4 is 19.1 Å². The summed E-state index contributed by atoms with van der Waals surface area (Å²) < 4.78 is 47.9. The summed E-state index contributed by atoms with van der Waals surface area (Å²) in [6.45, 7) is -1.14. The molecule has 0 unspecified atom stereocenters. The number of esters is 1. The summed E-state index contributed by atoms with van der Waals surface area (Å²) in [5.41, 5.74) is 3.36. The molecule has 216 valence electrons. The van der Waals surface area contributed by atoms with Crippen LogP contribution in [0.4, 0.5) is 14.5 Å². The maximum atomic E-state index is 13.3. The van der Waals surface area contributed by atoms with Crippen LogP contribution in [0.1, 0.15) is 41.2 Å². The van der Waals surface area contributed by atoms with E-state index in [4.69, 9.17) is 25.8 Å². The zero-order chi connectivity index (χ0) is 29.1. The van der Waals surface area contributed by atoms with E-state index in [-0.39, 0.29) is 36.8 Å². The number of aromatic nitrogens is 1. The molecule has 2 aliphatic rings. The SMILES string of the molecule is COc1ccc2c(c1)CC(=O)N2CC(=O)O[C@@H](Cc1c(C)cncc1Cl)c1ccc(OC(F)F)c(OCC2CC2)c1. The summed E-state index contributed by atoms with van der Waals surface area (Å²) in [6, 6.07) is 9.69. The number of anilines is 1. The fraction of sp³-hybridized carbons (Fsp3) is 0.367. The first-order valence-electron chi connectivity index (χ1n) is 13.2. The summed E-state index contributed by atoms with van der Waals surface area (Å²) in [6.07, 6.45) is 4.61. The lowest BCUT2D eigenvalue weighted by Crippen LogP contribution is -2.34. The van der Waals surface area contributed by atoms with E-state index in [2.05, 4.69) is 9.72 Å². The first-order valence-corrected chi connectivity index (χ1v) is 13.6. The molecule has 1 atom stereocenters. The molecule has 0 spiro atoms. The number of amides is 1. The number of aryl methyl sites for hydroxylation is 1. The van der Waals surface area contributed by atoms with Crippen LogP contribution in [-0.4, -0.2) is 43.7 Å². The van der Waals surface area contributed by atoms with Gasteiger partial charge in [-0.2, -0.15) is 8.78 Å². The van der Waals surface area contributed by atoms with Gasteiger partial charge >= 0.3 is 12.6 Å². The molecule has 41 heavy (non-hydrogen) atoms. The van der Waals surface area contributed by atoms with E-state index in [9.17, 15) is 18.4 Å². The van der Waals surface area contributed by atoms with Crippen LogP contribution in [0.15, 0.2) is 48.8 Å². The van der Waals surface area contributed by atoms with E-state index in [0.717, 1.165) is 24.0 Å². The molecule has 5 rings (SSSR count). The van der Waals surface area contributed by atoms with Crippen molar-refractivity contribution < 1.29 is 37.3 Å². The highest BCUT2D eigenvalue weighted by Crippen LogP contribution is 2.38. The van der Waals surface area contributed by atoms with Gasteiger partial charge in [-0.05, 0) is 78.3 Å². The summed E-state index contributed by atoms with van der Waals surface area (Å²) >= 11 is 6.45. The van der Waals surface area contributed by atoms with E-state index in [1.54, 1.807) is 43.6 Å². The summed E-state index contributed by atoms with van der Waals surface area (Å²) in [5, 5.41) is 0.395. The van der Waals surface area contributed by atoms with Crippen molar-refractivity contribution in [3.63, 3.8) is 0 Å². The Kier molecular flexibility index (Phi) is 8.58. The number of hydrogen-bond acceptors (Lipinski definition) is 7. The number of halogens is 3. The predicted molar refractivity (Wildman–Crippen MR) is 147 cm³/mol. The highest BCUT2D eigenvalue weighted by molar-refractivity contribution is 6.31. The van der Waals surface area contributed by atoms with Crippen molar-refractivity contribution in [2.24, 2.45) is 5.92 Å². The molecule has 0 bridgehead atoms. The monoisotopic (exact) mass is 586 g/mol. The van der Waals surface area contributed by atoms with Gasteiger partial charge in [0, 0.05) is 24.5 Å². The quantitative estimate of drug-likeness (QED) is 0.246. The van der Waals surface area contributed by atoms with Crippen molar-refractivity contribution in [3.8, 4) is 17.2 Å². The zero-order valence-electron chi connectivity index (χ0n) is 22.6. The van der Waals surface area contributed by atoms with Gasteiger partial charge in [0.15, 0.2) is 11.5 Å². The molecular weight excluding hydrogens is 558 g/mol. The van der Waals surface area contributed by atoms with E-state index in [1.165, 1.54) is 17.2 Å². The second kappa shape index (κ2) is 12.3. The average Bonchev–Trinajstić information content (AvgIpc) is 3.72. The zero-order valence-corrected chi connectivity index (χ0v) is 23.3. The van der Waals surface area contributed by atoms with Gasteiger partial charge in [-0.3, -0.25) is 14.6 Å². The van der Waals surface area contributed by atoms with Gasteiger partial charge in [-0.1, -0.05) is 17.7 Å². The maximum Gasteiger partial charge on any atom is 0.387 e. The highest BCUT2D eigenvalue weighted by atomic mass is 35.5. The molecule has 1 aromatic heterocycles. The van der Waals surface area contributed by atoms with Gasteiger partial charge in [0.25, 0.3) is 0 Å². The Hall–Kier alpha value is -3.92. The summed E-state index contributed by atoms with van der Waals surface area (Å²) in [7, 11) is 1.54. The Labute approximate surface area is 241 Å². The van der Waals surface area contributed by atoms with Crippen LogP contribution >= 0.6 is 11.6 Å². The minimum atomic E-state index is -3.03. The lowest BCUT2D eigenvalue weighted by atomic mass is 9.98. The van der Waals surface area contributed by atoms with Crippen molar-refractivity contribution >= 4 is 29.2 Å². The molecule has 1 saturated carbocycles. The molecule has 11 heteroatoms. The van der Waals surface area contributed by atoms with Crippen molar-refractivity contribution in [2.45, 2.75) is 45.3 Å². The molecule has 2 heterocycles. The fourth-order valence-electron chi connectivity index (χ4n) is 4.74. The van der Waals surface area contributed by atoms with Crippen molar-refractivity contribution in [2.75, 3.05) is 25.2 Å². The van der Waals surface area contributed by atoms with Gasteiger partial charge in [0.05, 0.1) is 25.2 Å². The van der Waals surface area contributed by atoms with Crippen LogP contribution in [-0.2, 0) is 27.2 Å². The van der Waals surface area contributed by atoms with Crippen LogP contribution in [0.2, 0.25) is 5.02 Å². The minimum Gasteiger partial charge on any atom is -0.497 e. The first-order chi connectivity index (χ1) is 19.7. The van der Waals surface area contributed by atoms with Gasteiger partial charge in [0.1, 0.15) is 18.4 Å². The number of fused-ring (bicyclic) bond motifs is 1. The van der Waals surface area contributed by atoms with Crippen molar-refractivity contribution in [3.05, 3.63) is 76.1 Å². The molecule has 1 aliphatic carbocycles. The number of pyridine rings is 1. The normalized spacial score (nSPS) is 15.1. The molecule has 0 N–H and O–H groups in total. The average molecular weight is 587 g/mol. The number of alkyl halides is 2. The van der Waals surface area contributed by atoms with E-state index < -0.39 is 18.7 Å². The number of carbonyl (C=O) groups excluding carboxylic acids is 2. The van der Waals surface area contributed by atoms with Crippen molar-refractivity contribution in [1.29, 1.82) is 0 Å². The van der Waals surface area contributed by atoms with Crippen LogP contribution in [0.5, 0.6) is 17.2 Å². The highest BCUT2D eigenvalue weighted by Gasteiger charge is 2.31. The Bertz CT molecular complexity index is 1430. The van der Waals surface area contributed by atoms with E-state index in [1.807, 2.05) is 6.92 Å². The van der Waals surface area contributed by atoms with Gasteiger partial charge in [-0.25, -0.2) is 0 Å². The lowest BCUT2D eigenvalue weighted by Gasteiger charge is -2.23. The van der Waals surface area contributed by atoms with E-state index >= 15 is 0 Å². The first kappa shape index (κ1) is 28.6. The Balaban J connectivity index is 1.42. The molecule has 1 fully saturated rings. The number of ether oxygens (including phenoxy) is 4. The molecule has 3 aromatic rings. The minimum absolute atomic E-state index is 0.109. The fourth-order valence-corrected chi connectivity index (χ4v) is 5.02. The number of rotatable bonds is 12. The maximum absolute atomic E-state index is 13.3. The predicted octanol–water partition coefficient (Wildman–Crippen LogP) is 5.86. The largest absolute Gasteiger partial charge is 0.497 e. The second-order valence-electron chi connectivity index (χ2n) is 10.1. The number of carbonyl (C=O) groups is 2. The summed E-state index contributed by atoms with van der Waals surface area (Å²) in [4.78, 5) is 31.5. The van der Waals surface area contributed by atoms with Gasteiger partial charge < -0.3 is 23.8 Å². The third-order valence-electron chi connectivity index (χ3n) is 7.12. The number of nitrogens with zero attached hydrogens (tertiary/aromatic N) is 2. The molecule has 1 aliphatic heterocycles. The Morgan fingerprint density at radius 2 is 1.95 bits per heavy atom. The molecular formula is C30H29ClF2N2O6. The Morgan fingerprint density at radius 3 is 2.66 bits per heavy atom. The van der Waals surface area contributed by atoms with Gasteiger partial charge in [0.2, 0.25) is 5.91 Å². The summed E-state index contributed by atoms with van der Waals surface area (Å²) in [5.74, 6) is 0.117. The molecule has 0 radical (unpaired) electrons. The smallest absolute Gasteiger partial charge is 0.387 e. The lowest BCUT2D eigenvalue weighted by molar-refractivity contribution is -0.148. The number of benzene rings is 2. The standard InChI is InChI=1S/C30H29ClF2N2O6/c1-17-13-34-14-23(31)22(17)12-26(19-5-8-25(41-30(32)33)27(10-19)39-16-18-3-4-18)40-29(37)15-35-24-7-6-21(38-2)9-20(24)11-28(35)36/h5-10,13-14,18,26,30H,3-4,11-12,15-16H2,1-2H3/t26-/m0/s1. The van der Waals surface area contributed by atoms with Crippen LogP contribution in [0.25, 0.3) is 0 Å². The van der Waals surface area contributed by atoms with Crippen molar-refractivity contribution in [1.82, 2.24) is 4.98 Å². The topological polar surface area (TPSA) is 87.2 Å². The number of methoxy groups -OCH3 is 1. The van der Waals surface area contributed by atoms with Gasteiger partial charge in [-0.15, -0.1) is 0 Å². The van der Waals surface area contributed by atoms with Crippen LogP contribution in [0, 0.1) is 12.8 Å². The molecule has 8 nitrogen and oxygen atoms in total. The third kappa shape index (κ3) is 6.87. The molecule has 0 saturated heterocycles. The number of hydrogen-bond donors (Lipinski definition) is 0. The Morgan fingerprint density at radius 1 is 1.15 bits per heavy atom. The van der Waals surface area contributed by atoms with Crippen LogP contribution in [0.3, 0.4) is 0 Å². The molecule has 1 amide bonds. The second-order valence-corrected chi connectivity index (χ2v) is 10.5. The van der Waals surface area contributed by atoms with E-state index in [0.29, 0.717) is 40.1 Å². The molecule has 2 aromatic carbocycles.